The lowest BCUT2D eigenvalue weighted by atomic mass is 9.71. The normalized spacial score (nSPS) is 46.0. The van der Waals surface area contributed by atoms with E-state index in [0.717, 1.165) is 18.5 Å². The molecule has 4 heterocycles. The molecule has 0 saturated carbocycles. The Morgan fingerprint density at radius 1 is 1.06 bits per heavy atom. The standard InChI is InChI=1S/C15H29N3/c1-13-5-3-2-4-8-18(13)15(11-16)12-17-9-6-14(15)7-10-17/h13-14H,2-12,16H2,1H3. The first-order valence-corrected chi connectivity index (χ1v) is 7.95. The molecule has 2 N–H and O–H groups in total. The zero-order valence-corrected chi connectivity index (χ0v) is 11.9. The monoisotopic (exact) mass is 251 g/mol. The Bertz CT molecular complexity index is 285. The topological polar surface area (TPSA) is 32.5 Å². The Balaban J connectivity index is 1.85. The van der Waals surface area contributed by atoms with Crippen LogP contribution in [0.15, 0.2) is 0 Å². The van der Waals surface area contributed by atoms with Crippen molar-refractivity contribution in [1.82, 2.24) is 9.80 Å². The minimum absolute atomic E-state index is 0.306. The average Bonchev–Trinajstić information content (AvgIpc) is 2.64. The number of nitrogens with two attached hydrogens (primary N) is 1. The third-order valence-corrected chi connectivity index (χ3v) is 5.82. The molecule has 0 aromatic heterocycles. The predicted octanol–water partition coefficient (Wildman–Crippen LogP) is 1.67. The molecule has 0 spiro atoms. The molecule has 4 aliphatic rings. The van der Waals surface area contributed by atoms with E-state index in [1.165, 1.54) is 64.7 Å². The van der Waals surface area contributed by atoms with Crippen LogP contribution in [0, 0.1) is 5.92 Å². The molecule has 0 amide bonds. The molecule has 0 aliphatic carbocycles. The highest BCUT2D eigenvalue weighted by molar-refractivity contribution is 5.07. The highest BCUT2D eigenvalue weighted by Gasteiger charge is 2.50. The molecule has 2 unspecified atom stereocenters. The third-order valence-electron chi connectivity index (χ3n) is 5.82. The van der Waals surface area contributed by atoms with Crippen LogP contribution in [0.4, 0.5) is 0 Å². The van der Waals surface area contributed by atoms with E-state index in [-0.39, 0.29) is 0 Å². The third kappa shape index (κ3) is 2.00. The quantitative estimate of drug-likeness (QED) is 0.810. The lowest BCUT2D eigenvalue weighted by Gasteiger charge is -2.59. The van der Waals surface area contributed by atoms with Gasteiger partial charge in [0.05, 0.1) is 0 Å². The first-order valence-electron chi connectivity index (χ1n) is 7.95. The van der Waals surface area contributed by atoms with Gasteiger partial charge < -0.3 is 10.6 Å². The molecule has 0 aromatic carbocycles. The molecule has 2 atom stereocenters. The summed E-state index contributed by atoms with van der Waals surface area (Å²) in [6.07, 6.45) is 8.32. The van der Waals surface area contributed by atoms with Gasteiger partial charge in [0.15, 0.2) is 0 Å². The first-order chi connectivity index (χ1) is 8.76. The van der Waals surface area contributed by atoms with Crippen molar-refractivity contribution >= 4 is 0 Å². The first kappa shape index (κ1) is 12.9. The molecule has 0 radical (unpaired) electrons. The molecule has 3 heteroatoms. The summed E-state index contributed by atoms with van der Waals surface area (Å²) in [5.41, 5.74) is 6.61. The van der Waals surface area contributed by atoms with E-state index < -0.39 is 0 Å². The maximum Gasteiger partial charge on any atom is 0.0490 e. The van der Waals surface area contributed by atoms with Crippen LogP contribution in [0.2, 0.25) is 0 Å². The molecular weight excluding hydrogens is 222 g/mol. The Morgan fingerprint density at radius 2 is 1.83 bits per heavy atom. The van der Waals surface area contributed by atoms with E-state index >= 15 is 0 Å². The average molecular weight is 251 g/mol. The largest absolute Gasteiger partial charge is 0.329 e. The van der Waals surface area contributed by atoms with Crippen molar-refractivity contribution < 1.29 is 0 Å². The van der Waals surface area contributed by atoms with E-state index in [1.54, 1.807) is 0 Å². The van der Waals surface area contributed by atoms with Crippen LogP contribution >= 0.6 is 0 Å². The van der Waals surface area contributed by atoms with E-state index in [1.807, 2.05) is 0 Å². The van der Waals surface area contributed by atoms with Gasteiger partial charge >= 0.3 is 0 Å². The van der Waals surface area contributed by atoms with Crippen LogP contribution in [0.1, 0.15) is 45.4 Å². The molecule has 4 fully saturated rings. The number of likely N-dealkylation sites (tertiary alicyclic amines) is 1. The van der Waals surface area contributed by atoms with Crippen LogP contribution in [0.25, 0.3) is 0 Å². The van der Waals surface area contributed by atoms with Crippen LogP contribution < -0.4 is 5.73 Å². The molecule has 2 bridgehead atoms. The maximum atomic E-state index is 6.30. The van der Waals surface area contributed by atoms with Gasteiger partial charge in [-0.15, -0.1) is 0 Å². The SMILES string of the molecule is CC1CCCCCN1C1(CN)CN2CCC1CC2. The minimum atomic E-state index is 0.306. The van der Waals surface area contributed by atoms with Gasteiger partial charge in [0.25, 0.3) is 0 Å². The van der Waals surface area contributed by atoms with Gasteiger partial charge in [-0.1, -0.05) is 12.8 Å². The van der Waals surface area contributed by atoms with Gasteiger partial charge in [-0.3, -0.25) is 4.90 Å². The number of rotatable bonds is 2. The van der Waals surface area contributed by atoms with Crippen LogP contribution in [-0.2, 0) is 0 Å². The van der Waals surface area contributed by atoms with Gasteiger partial charge in [-0.05, 0) is 58.2 Å². The summed E-state index contributed by atoms with van der Waals surface area (Å²) >= 11 is 0. The summed E-state index contributed by atoms with van der Waals surface area (Å²) in [4.78, 5) is 5.47. The van der Waals surface area contributed by atoms with Gasteiger partial charge in [-0.25, -0.2) is 0 Å². The zero-order chi connectivity index (χ0) is 12.6. The van der Waals surface area contributed by atoms with Gasteiger partial charge in [0.2, 0.25) is 0 Å². The van der Waals surface area contributed by atoms with Crippen molar-refractivity contribution in [3.8, 4) is 0 Å². The van der Waals surface area contributed by atoms with Crippen molar-refractivity contribution in [2.24, 2.45) is 11.7 Å². The van der Waals surface area contributed by atoms with E-state index in [4.69, 9.17) is 5.73 Å². The summed E-state index contributed by atoms with van der Waals surface area (Å²) in [6, 6.07) is 0.733. The number of hydrogen-bond acceptors (Lipinski definition) is 3. The Hall–Kier alpha value is -0.120. The summed E-state index contributed by atoms with van der Waals surface area (Å²) in [6.45, 7) is 8.43. The molecule has 18 heavy (non-hydrogen) atoms. The molecule has 3 nitrogen and oxygen atoms in total. The number of nitrogens with zero attached hydrogens (tertiary/aromatic N) is 2. The fourth-order valence-electron chi connectivity index (χ4n) is 4.76. The summed E-state index contributed by atoms with van der Waals surface area (Å²) < 4.78 is 0. The van der Waals surface area contributed by atoms with Crippen molar-refractivity contribution in [3.63, 3.8) is 0 Å². The smallest absolute Gasteiger partial charge is 0.0490 e. The summed E-state index contributed by atoms with van der Waals surface area (Å²) in [5, 5.41) is 0. The number of piperidine rings is 3. The minimum Gasteiger partial charge on any atom is -0.329 e. The van der Waals surface area contributed by atoms with Crippen LogP contribution in [-0.4, -0.2) is 54.1 Å². The fraction of sp³-hybridized carbons (Fsp3) is 1.00. The van der Waals surface area contributed by atoms with Crippen LogP contribution in [0.3, 0.4) is 0 Å². The Morgan fingerprint density at radius 3 is 2.44 bits per heavy atom. The van der Waals surface area contributed by atoms with Crippen LogP contribution in [0.5, 0.6) is 0 Å². The van der Waals surface area contributed by atoms with Crippen molar-refractivity contribution in [3.05, 3.63) is 0 Å². The number of fused-ring (bicyclic) bond motifs is 3. The van der Waals surface area contributed by atoms with Gasteiger partial charge in [0, 0.05) is 24.7 Å². The second kappa shape index (κ2) is 5.10. The molecular formula is C15H29N3. The lowest BCUT2D eigenvalue weighted by Crippen LogP contribution is -2.71. The Kier molecular flexibility index (Phi) is 3.65. The fourth-order valence-corrected chi connectivity index (χ4v) is 4.76. The van der Waals surface area contributed by atoms with Crippen molar-refractivity contribution in [1.29, 1.82) is 0 Å². The van der Waals surface area contributed by atoms with E-state index in [0.29, 0.717) is 5.54 Å². The van der Waals surface area contributed by atoms with E-state index in [9.17, 15) is 0 Å². The lowest BCUT2D eigenvalue weighted by molar-refractivity contribution is -0.0816. The number of hydrogen-bond donors (Lipinski definition) is 1. The van der Waals surface area contributed by atoms with Gasteiger partial charge in [0.1, 0.15) is 0 Å². The summed E-state index contributed by atoms with van der Waals surface area (Å²) in [7, 11) is 0. The molecule has 4 aliphatic heterocycles. The van der Waals surface area contributed by atoms with E-state index in [2.05, 4.69) is 16.7 Å². The molecule has 104 valence electrons. The zero-order valence-electron chi connectivity index (χ0n) is 11.9. The maximum absolute atomic E-state index is 6.30. The predicted molar refractivity (Wildman–Crippen MR) is 75.6 cm³/mol. The molecule has 4 saturated heterocycles. The molecule has 4 rings (SSSR count). The van der Waals surface area contributed by atoms with Crippen molar-refractivity contribution in [2.45, 2.75) is 57.0 Å². The van der Waals surface area contributed by atoms with Gasteiger partial charge in [-0.2, -0.15) is 0 Å². The second-order valence-electron chi connectivity index (χ2n) is 6.75. The second-order valence-corrected chi connectivity index (χ2v) is 6.75. The van der Waals surface area contributed by atoms with Crippen molar-refractivity contribution in [2.75, 3.05) is 32.7 Å². The molecule has 0 aromatic rings. The summed E-state index contributed by atoms with van der Waals surface area (Å²) in [5.74, 6) is 0.855. The highest BCUT2D eigenvalue weighted by Crippen LogP contribution is 2.41. The Labute approximate surface area is 112 Å². The highest BCUT2D eigenvalue weighted by atomic mass is 15.3.